The monoisotopic (exact) mass is 309 g/mol. The van der Waals surface area contributed by atoms with Crippen LogP contribution in [0.5, 0.6) is 0 Å². The number of aromatic nitrogens is 4. The molecule has 112 valence electrons. The summed E-state index contributed by atoms with van der Waals surface area (Å²) >= 11 is 5.78. The first kappa shape index (κ1) is 14.1. The number of nitro groups is 1. The first-order chi connectivity index (χ1) is 10.1. The Balaban J connectivity index is 1.72. The molecule has 7 nitrogen and oxygen atoms in total. The van der Waals surface area contributed by atoms with Crippen molar-refractivity contribution in [2.24, 2.45) is 0 Å². The third-order valence-electron chi connectivity index (χ3n) is 3.81. The molecule has 3 rings (SSSR count). The molecule has 0 amide bonds. The van der Waals surface area contributed by atoms with Crippen LogP contribution in [0.3, 0.4) is 0 Å². The van der Waals surface area contributed by atoms with Gasteiger partial charge in [0.15, 0.2) is 5.02 Å². The Labute approximate surface area is 126 Å². The lowest BCUT2D eigenvalue weighted by Gasteiger charge is -2.21. The molecule has 2 aromatic heterocycles. The average Bonchev–Trinajstić information content (AvgIpc) is 3.07. The molecule has 21 heavy (non-hydrogen) atoms. The zero-order valence-corrected chi connectivity index (χ0v) is 12.2. The van der Waals surface area contributed by atoms with E-state index in [9.17, 15) is 10.1 Å². The van der Waals surface area contributed by atoms with E-state index in [0.717, 1.165) is 5.69 Å². The van der Waals surface area contributed by atoms with Crippen molar-refractivity contribution >= 4 is 17.4 Å². The maximum absolute atomic E-state index is 10.7. The van der Waals surface area contributed by atoms with Crippen molar-refractivity contribution < 1.29 is 4.92 Å². The summed E-state index contributed by atoms with van der Waals surface area (Å²) in [5.74, 6) is -0.316. The average molecular weight is 310 g/mol. The van der Waals surface area contributed by atoms with Crippen LogP contribution in [0, 0.1) is 10.1 Å². The molecule has 8 heteroatoms. The SMILES string of the molecule is O=[N+]([O-])c1nn(Cc2ccn(C3CCCCC3)n2)cc1Cl. The van der Waals surface area contributed by atoms with Gasteiger partial charge in [-0.15, -0.1) is 0 Å². The molecule has 1 aliphatic rings. The summed E-state index contributed by atoms with van der Waals surface area (Å²) in [7, 11) is 0. The van der Waals surface area contributed by atoms with Crippen LogP contribution in [-0.2, 0) is 6.54 Å². The lowest BCUT2D eigenvalue weighted by Crippen LogP contribution is -2.13. The van der Waals surface area contributed by atoms with Gasteiger partial charge in [-0.05, 0) is 23.8 Å². The molecule has 0 saturated heterocycles. The Kier molecular flexibility index (Phi) is 3.92. The maximum atomic E-state index is 10.7. The van der Waals surface area contributed by atoms with E-state index in [2.05, 4.69) is 10.2 Å². The van der Waals surface area contributed by atoms with E-state index in [1.165, 1.54) is 43.0 Å². The van der Waals surface area contributed by atoms with Crippen molar-refractivity contribution in [3.05, 3.63) is 39.3 Å². The summed E-state index contributed by atoms with van der Waals surface area (Å²) in [6, 6.07) is 2.40. The molecular weight excluding hydrogens is 294 g/mol. The number of rotatable bonds is 4. The van der Waals surface area contributed by atoms with Crippen molar-refractivity contribution in [1.29, 1.82) is 0 Å². The Morgan fingerprint density at radius 1 is 1.33 bits per heavy atom. The van der Waals surface area contributed by atoms with E-state index in [1.807, 2.05) is 16.9 Å². The lowest BCUT2D eigenvalue weighted by molar-refractivity contribution is -0.389. The van der Waals surface area contributed by atoms with Gasteiger partial charge in [0.1, 0.15) is 6.54 Å². The fraction of sp³-hybridized carbons (Fsp3) is 0.538. The van der Waals surface area contributed by atoms with Crippen LogP contribution < -0.4 is 0 Å². The van der Waals surface area contributed by atoms with Gasteiger partial charge in [-0.1, -0.05) is 30.9 Å². The smallest absolute Gasteiger partial charge is 0.358 e. The Morgan fingerprint density at radius 3 is 2.76 bits per heavy atom. The van der Waals surface area contributed by atoms with Crippen LogP contribution in [0.1, 0.15) is 43.8 Å². The summed E-state index contributed by atoms with van der Waals surface area (Å²) in [5.41, 5.74) is 0.828. The zero-order chi connectivity index (χ0) is 14.8. The van der Waals surface area contributed by atoms with Gasteiger partial charge in [0, 0.05) is 6.20 Å². The van der Waals surface area contributed by atoms with Crippen LogP contribution in [-0.4, -0.2) is 24.5 Å². The van der Waals surface area contributed by atoms with Gasteiger partial charge in [0.25, 0.3) is 0 Å². The lowest BCUT2D eigenvalue weighted by atomic mass is 9.96. The second-order valence-electron chi connectivity index (χ2n) is 5.33. The molecule has 0 bridgehead atoms. The molecule has 0 aliphatic heterocycles. The summed E-state index contributed by atoms with van der Waals surface area (Å²) < 4.78 is 3.46. The van der Waals surface area contributed by atoms with Gasteiger partial charge in [0.2, 0.25) is 0 Å². The first-order valence-electron chi connectivity index (χ1n) is 7.05. The molecular formula is C13H16ClN5O2. The Morgan fingerprint density at radius 2 is 2.10 bits per heavy atom. The summed E-state index contributed by atoms with van der Waals surface area (Å²) in [6.07, 6.45) is 9.58. The molecule has 0 N–H and O–H groups in total. The number of halogens is 1. The van der Waals surface area contributed by atoms with Gasteiger partial charge in [-0.3, -0.25) is 4.68 Å². The van der Waals surface area contributed by atoms with Crippen LogP contribution in [0.25, 0.3) is 0 Å². The highest BCUT2D eigenvalue weighted by molar-refractivity contribution is 6.32. The maximum Gasteiger partial charge on any atom is 0.408 e. The minimum Gasteiger partial charge on any atom is -0.358 e. The van der Waals surface area contributed by atoms with Gasteiger partial charge < -0.3 is 10.1 Å². The van der Waals surface area contributed by atoms with E-state index >= 15 is 0 Å². The topological polar surface area (TPSA) is 78.8 Å². The second-order valence-corrected chi connectivity index (χ2v) is 5.74. The molecule has 0 spiro atoms. The fourth-order valence-electron chi connectivity index (χ4n) is 2.77. The fourth-order valence-corrected chi connectivity index (χ4v) is 2.99. The largest absolute Gasteiger partial charge is 0.408 e. The van der Waals surface area contributed by atoms with Gasteiger partial charge in [0.05, 0.1) is 23.0 Å². The van der Waals surface area contributed by atoms with E-state index in [1.54, 1.807) is 0 Å². The van der Waals surface area contributed by atoms with Gasteiger partial charge in [-0.2, -0.15) is 9.78 Å². The molecule has 0 radical (unpaired) electrons. The minimum absolute atomic E-state index is 0.0479. The van der Waals surface area contributed by atoms with Crippen LogP contribution in [0.2, 0.25) is 5.02 Å². The predicted octanol–water partition coefficient (Wildman–Crippen LogP) is 3.19. The number of nitrogens with zero attached hydrogens (tertiary/aromatic N) is 5. The Hall–Kier alpha value is -1.89. The quantitative estimate of drug-likeness (QED) is 0.641. The van der Waals surface area contributed by atoms with Crippen LogP contribution in [0.4, 0.5) is 5.82 Å². The third-order valence-corrected chi connectivity index (χ3v) is 4.08. The number of hydrogen-bond acceptors (Lipinski definition) is 4. The highest BCUT2D eigenvalue weighted by Gasteiger charge is 2.20. The number of hydrogen-bond donors (Lipinski definition) is 0. The van der Waals surface area contributed by atoms with E-state index < -0.39 is 4.92 Å². The molecule has 0 aromatic carbocycles. The summed E-state index contributed by atoms with van der Waals surface area (Å²) in [4.78, 5) is 10.1. The standard InChI is InChI=1S/C13H16ClN5O2/c14-12-9-17(16-13(12)19(20)21)8-10-6-7-18(15-10)11-4-2-1-3-5-11/h6-7,9,11H,1-5,8H2. The summed E-state index contributed by atoms with van der Waals surface area (Å²) in [6.45, 7) is 0.382. The third kappa shape index (κ3) is 3.07. The van der Waals surface area contributed by atoms with Crippen LogP contribution in [0.15, 0.2) is 18.5 Å². The zero-order valence-electron chi connectivity index (χ0n) is 11.5. The van der Waals surface area contributed by atoms with Crippen molar-refractivity contribution in [1.82, 2.24) is 19.6 Å². The van der Waals surface area contributed by atoms with Gasteiger partial charge in [-0.25, -0.2) is 0 Å². The van der Waals surface area contributed by atoms with Gasteiger partial charge >= 0.3 is 5.82 Å². The molecule has 0 unspecified atom stereocenters. The first-order valence-corrected chi connectivity index (χ1v) is 7.42. The molecule has 2 heterocycles. The predicted molar refractivity (Wildman–Crippen MR) is 77.3 cm³/mol. The van der Waals surface area contributed by atoms with Crippen molar-refractivity contribution in [3.8, 4) is 0 Å². The molecule has 1 saturated carbocycles. The van der Waals surface area contributed by atoms with E-state index in [-0.39, 0.29) is 10.8 Å². The minimum atomic E-state index is -0.584. The van der Waals surface area contributed by atoms with Crippen molar-refractivity contribution in [2.75, 3.05) is 0 Å². The molecule has 1 fully saturated rings. The van der Waals surface area contributed by atoms with E-state index in [0.29, 0.717) is 12.6 Å². The Bertz CT molecular complexity index is 645. The van der Waals surface area contributed by atoms with Crippen LogP contribution >= 0.6 is 11.6 Å². The molecule has 1 aliphatic carbocycles. The highest BCUT2D eigenvalue weighted by Crippen LogP contribution is 2.27. The molecule has 0 atom stereocenters. The second kappa shape index (κ2) is 5.85. The molecule has 2 aromatic rings. The van der Waals surface area contributed by atoms with Crippen molar-refractivity contribution in [2.45, 2.75) is 44.7 Å². The summed E-state index contributed by atoms with van der Waals surface area (Å²) in [5, 5.41) is 19.2. The van der Waals surface area contributed by atoms with Crippen molar-refractivity contribution in [3.63, 3.8) is 0 Å². The normalized spacial score (nSPS) is 16.2. The highest BCUT2D eigenvalue weighted by atomic mass is 35.5. The van der Waals surface area contributed by atoms with E-state index in [4.69, 9.17) is 11.6 Å².